The lowest BCUT2D eigenvalue weighted by Crippen LogP contribution is -2.64. The molecule has 0 unspecified atom stereocenters. The van der Waals surface area contributed by atoms with Gasteiger partial charge in [-0.3, -0.25) is 4.90 Å². The molecule has 0 bridgehead atoms. The summed E-state index contributed by atoms with van der Waals surface area (Å²) in [5.74, 6) is 1.52. The van der Waals surface area contributed by atoms with Crippen LogP contribution in [0.1, 0.15) is 53.4 Å². The molecule has 0 atom stereocenters. The minimum absolute atomic E-state index is 0.213. The summed E-state index contributed by atoms with van der Waals surface area (Å²) >= 11 is 0. The molecule has 0 heterocycles. The molecule has 0 saturated heterocycles. The summed E-state index contributed by atoms with van der Waals surface area (Å²) in [6, 6.07) is 0. The van der Waals surface area contributed by atoms with E-state index in [1.54, 1.807) is 0 Å². The van der Waals surface area contributed by atoms with Crippen LogP contribution in [0.3, 0.4) is 0 Å². The van der Waals surface area contributed by atoms with Crippen LogP contribution in [0.4, 0.5) is 0 Å². The van der Waals surface area contributed by atoms with Crippen molar-refractivity contribution in [3.05, 3.63) is 0 Å². The Bertz CT molecular complexity index is 235. The summed E-state index contributed by atoms with van der Waals surface area (Å²) in [7, 11) is 1.82. The van der Waals surface area contributed by atoms with Gasteiger partial charge in [0.25, 0.3) is 0 Å². The van der Waals surface area contributed by atoms with Crippen molar-refractivity contribution in [1.82, 2.24) is 4.90 Å². The molecule has 0 spiro atoms. The van der Waals surface area contributed by atoms with Crippen LogP contribution in [0.2, 0.25) is 0 Å². The highest BCUT2D eigenvalue weighted by Gasteiger charge is 2.47. The average Bonchev–Trinajstić information content (AvgIpc) is 2.30. The van der Waals surface area contributed by atoms with Crippen LogP contribution < -0.4 is 5.73 Å². The van der Waals surface area contributed by atoms with E-state index >= 15 is 0 Å². The molecule has 1 rings (SSSR count). The lowest BCUT2D eigenvalue weighted by molar-refractivity contribution is -0.0893. The van der Waals surface area contributed by atoms with Crippen molar-refractivity contribution >= 4 is 0 Å². The van der Waals surface area contributed by atoms with Crippen LogP contribution in [-0.4, -0.2) is 43.3 Å². The molecule has 0 aromatic rings. The Labute approximate surface area is 119 Å². The molecule has 2 N–H and O–H groups in total. The second-order valence-electron chi connectivity index (χ2n) is 7.05. The van der Waals surface area contributed by atoms with Crippen LogP contribution in [0.25, 0.3) is 0 Å². The van der Waals surface area contributed by atoms with E-state index in [1.165, 1.54) is 25.9 Å². The second-order valence-corrected chi connectivity index (χ2v) is 7.05. The van der Waals surface area contributed by atoms with Gasteiger partial charge in [0.15, 0.2) is 0 Å². The standard InChI is InChI=1S/C16H34N2O/c1-13(2)6-8-18(9-7-14(3)4)16(12-17)10-15(11-16)19-5/h13-15H,6-12,17H2,1-5H3. The van der Waals surface area contributed by atoms with Crippen molar-refractivity contribution in [3.63, 3.8) is 0 Å². The Kier molecular flexibility index (Phi) is 6.78. The van der Waals surface area contributed by atoms with Crippen molar-refractivity contribution < 1.29 is 4.74 Å². The highest BCUT2D eigenvalue weighted by atomic mass is 16.5. The SMILES string of the molecule is COC1CC(CN)(N(CCC(C)C)CCC(C)C)C1. The van der Waals surface area contributed by atoms with E-state index in [4.69, 9.17) is 10.5 Å². The van der Waals surface area contributed by atoms with Gasteiger partial charge in [-0.2, -0.15) is 0 Å². The zero-order chi connectivity index (χ0) is 14.5. The number of hydrogen-bond donors (Lipinski definition) is 1. The van der Waals surface area contributed by atoms with E-state index in [9.17, 15) is 0 Å². The molecule has 19 heavy (non-hydrogen) atoms. The fourth-order valence-electron chi connectivity index (χ4n) is 2.92. The number of rotatable bonds is 9. The van der Waals surface area contributed by atoms with E-state index in [0.717, 1.165) is 31.2 Å². The smallest absolute Gasteiger partial charge is 0.0607 e. The fraction of sp³-hybridized carbons (Fsp3) is 1.00. The molecule has 0 aliphatic heterocycles. The van der Waals surface area contributed by atoms with Gasteiger partial charge in [0, 0.05) is 19.2 Å². The predicted molar refractivity (Wildman–Crippen MR) is 82.3 cm³/mol. The van der Waals surface area contributed by atoms with Gasteiger partial charge < -0.3 is 10.5 Å². The van der Waals surface area contributed by atoms with Crippen molar-refractivity contribution in [2.75, 3.05) is 26.7 Å². The van der Waals surface area contributed by atoms with Crippen LogP contribution in [0.15, 0.2) is 0 Å². The minimum Gasteiger partial charge on any atom is -0.381 e. The molecule has 0 radical (unpaired) electrons. The number of hydrogen-bond acceptors (Lipinski definition) is 3. The van der Waals surface area contributed by atoms with Crippen molar-refractivity contribution in [2.24, 2.45) is 17.6 Å². The van der Waals surface area contributed by atoms with Crippen LogP contribution in [0, 0.1) is 11.8 Å². The second kappa shape index (κ2) is 7.61. The van der Waals surface area contributed by atoms with E-state index in [1.807, 2.05) is 7.11 Å². The Balaban J connectivity index is 2.59. The molecular weight excluding hydrogens is 236 g/mol. The van der Waals surface area contributed by atoms with E-state index in [-0.39, 0.29) is 5.54 Å². The van der Waals surface area contributed by atoms with Crippen LogP contribution in [-0.2, 0) is 4.74 Å². The lowest BCUT2D eigenvalue weighted by atomic mass is 9.72. The highest BCUT2D eigenvalue weighted by molar-refractivity contribution is 5.04. The number of ether oxygens (including phenoxy) is 1. The Morgan fingerprint density at radius 1 is 1.11 bits per heavy atom. The third-order valence-electron chi connectivity index (χ3n) is 4.55. The van der Waals surface area contributed by atoms with E-state index in [2.05, 4.69) is 32.6 Å². The molecule has 1 aliphatic rings. The number of methoxy groups -OCH3 is 1. The minimum atomic E-state index is 0.213. The number of nitrogens with zero attached hydrogens (tertiary/aromatic N) is 1. The van der Waals surface area contributed by atoms with Crippen molar-refractivity contribution in [3.8, 4) is 0 Å². The molecule has 0 aromatic carbocycles. The van der Waals surface area contributed by atoms with Crippen LogP contribution in [0.5, 0.6) is 0 Å². The Morgan fingerprint density at radius 3 is 1.89 bits per heavy atom. The average molecular weight is 270 g/mol. The molecule has 0 aromatic heterocycles. The first kappa shape index (κ1) is 16.9. The zero-order valence-electron chi connectivity index (χ0n) is 13.6. The van der Waals surface area contributed by atoms with Gasteiger partial charge >= 0.3 is 0 Å². The summed E-state index contributed by atoms with van der Waals surface area (Å²) in [5, 5.41) is 0. The first-order chi connectivity index (χ1) is 8.93. The third-order valence-corrected chi connectivity index (χ3v) is 4.55. The summed E-state index contributed by atoms with van der Waals surface area (Å²) in [5.41, 5.74) is 6.31. The predicted octanol–water partition coefficient (Wildman–Crippen LogP) is 2.89. The first-order valence-corrected chi connectivity index (χ1v) is 7.91. The highest BCUT2D eigenvalue weighted by Crippen LogP contribution is 2.39. The first-order valence-electron chi connectivity index (χ1n) is 7.91. The molecule has 0 amide bonds. The van der Waals surface area contributed by atoms with Gasteiger partial charge in [-0.15, -0.1) is 0 Å². The molecular formula is C16H34N2O. The maximum absolute atomic E-state index is 6.10. The number of nitrogens with two attached hydrogens (primary N) is 1. The molecule has 3 heteroatoms. The van der Waals surface area contributed by atoms with Crippen molar-refractivity contribution in [1.29, 1.82) is 0 Å². The summed E-state index contributed by atoms with van der Waals surface area (Å²) in [6.45, 7) is 12.3. The summed E-state index contributed by atoms with van der Waals surface area (Å²) in [4.78, 5) is 2.66. The van der Waals surface area contributed by atoms with Gasteiger partial charge in [0.2, 0.25) is 0 Å². The Hall–Kier alpha value is -0.120. The molecule has 1 aliphatic carbocycles. The monoisotopic (exact) mass is 270 g/mol. The maximum atomic E-state index is 6.10. The third kappa shape index (κ3) is 4.73. The summed E-state index contributed by atoms with van der Waals surface area (Å²) in [6.07, 6.45) is 5.16. The maximum Gasteiger partial charge on any atom is 0.0607 e. The normalized spacial score (nSPS) is 27.3. The summed E-state index contributed by atoms with van der Waals surface area (Å²) < 4.78 is 5.46. The Morgan fingerprint density at radius 2 is 1.58 bits per heavy atom. The van der Waals surface area contributed by atoms with E-state index < -0.39 is 0 Å². The quantitative estimate of drug-likeness (QED) is 0.700. The largest absolute Gasteiger partial charge is 0.381 e. The van der Waals surface area contributed by atoms with Gasteiger partial charge in [-0.1, -0.05) is 27.7 Å². The van der Waals surface area contributed by atoms with Crippen molar-refractivity contribution in [2.45, 2.75) is 65.0 Å². The van der Waals surface area contributed by atoms with Gasteiger partial charge in [-0.25, -0.2) is 0 Å². The lowest BCUT2D eigenvalue weighted by Gasteiger charge is -2.54. The van der Waals surface area contributed by atoms with Gasteiger partial charge in [0.05, 0.1) is 6.10 Å². The fourth-order valence-corrected chi connectivity index (χ4v) is 2.92. The van der Waals surface area contributed by atoms with Crippen LogP contribution >= 0.6 is 0 Å². The molecule has 1 fully saturated rings. The zero-order valence-corrected chi connectivity index (χ0v) is 13.6. The van der Waals surface area contributed by atoms with Gasteiger partial charge in [-0.05, 0) is 50.6 Å². The van der Waals surface area contributed by atoms with E-state index in [0.29, 0.717) is 6.10 Å². The molecule has 3 nitrogen and oxygen atoms in total. The molecule has 1 saturated carbocycles. The topological polar surface area (TPSA) is 38.5 Å². The van der Waals surface area contributed by atoms with Gasteiger partial charge in [0.1, 0.15) is 0 Å². The molecule has 114 valence electrons.